The van der Waals surface area contributed by atoms with Gasteiger partial charge in [-0.15, -0.1) is 0 Å². The van der Waals surface area contributed by atoms with Crippen LogP contribution in [0.4, 0.5) is 0 Å². The summed E-state index contributed by atoms with van der Waals surface area (Å²) in [6.45, 7) is 2.03. The number of fused-ring (bicyclic) bond motifs is 1. The lowest BCUT2D eigenvalue weighted by Crippen LogP contribution is -2.22. The number of benzene rings is 2. The summed E-state index contributed by atoms with van der Waals surface area (Å²) in [5, 5.41) is 4.59. The zero-order valence-corrected chi connectivity index (χ0v) is 14.8. The third-order valence-corrected chi connectivity index (χ3v) is 4.21. The highest BCUT2D eigenvalue weighted by Crippen LogP contribution is 2.29. The van der Waals surface area contributed by atoms with Crippen LogP contribution >= 0.6 is 0 Å². The fraction of sp³-hybridized carbons (Fsp3) is 0.190. The Morgan fingerprint density at radius 2 is 1.92 bits per heavy atom. The molecule has 0 radical (unpaired) electrons. The Morgan fingerprint density at radius 1 is 1.08 bits per heavy atom. The lowest BCUT2D eigenvalue weighted by atomic mass is 9.95. The molecule has 26 heavy (non-hydrogen) atoms. The highest BCUT2D eigenvalue weighted by Gasteiger charge is 2.16. The first-order valence-electron chi connectivity index (χ1n) is 8.40. The molecule has 0 aliphatic carbocycles. The number of hydrogen-bond acceptors (Lipinski definition) is 4. The Kier molecular flexibility index (Phi) is 5.27. The van der Waals surface area contributed by atoms with E-state index in [1.54, 1.807) is 37.6 Å². The molecule has 5 heteroatoms. The topological polar surface area (TPSA) is 68.3 Å². The van der Waals surface area contributed by atoms with Crippen molar-refractivity contribution in [2.45, 2.75) is 13.3 Å². The molecule has 0 aliphatic heterocycles. The predicted octanol–water partition coefficient (Wildman–Crippen LogP) is 3.15. The summed E-state index contributed by atoms with van der Waals surface area (Å²) in [4.78, 5) is 28.3. The van der Waals surface area contributed by atoms with Gasteiger partial charge < -0.3 is 10.1 Å². The van der Waals surface area contributed by atoms with Crippen LogP contribution in [-0.2, 0) is 11.2 Å². The second-order valence-corrected chi connectivity index (χ2v) is 5.96. The van der Waals surface area contributed by atoms with Crippen LogP contribution in [0.3, 0.4) is 0 Å². The van der Waals surface area contributed by atoms with Crippen molar-refractivity contribution >= 4 is 22.5 Å². The molecule has 0 saturated carbocycles. The maximum Gasteiger partial charge on any atom is 0.216 e. The monoisotopic (exact) mass is 348 g/mol. The minimum Gasteiger partial charge on any atom is -0.497 e. The smallest absolute Gasteiger partial charge is 0.216 e. The van der Waals surface area contributed by atoms with Crippen LogP contribution in [0.25, 0.3) is 10.8 Å². The number of amides is 1. The second-order valence-electron chi connectivity index (χ2n) is 5.96. The molecule has 1 amide bonds. The van der Waals surface area contributed by atoms with E-state index in [1.807, 2.05) is 24.3 Å². The van der Waals surface area contributed by atoms with E-state index in [9.17, 15) is 9.59 Å². The van der Waals surface area contributed by atoms with E-state index in [1.165, 1.54) is 6.92 Å². The molecule has 1 aromatic heterocycles. The summed E-state index contributed by atoms with van der Waals surface area (Å²) < 4.78 is 5.40. The number of nitrogens with one attached hydrogen (secondary N) is 1. The quantitative estimate of drug-likeness (QED) is 0.695. The number of rotatable bonds is 6. The number of aromatic nitrogens is 1. The zero-order chi connectivity index (χ0) is 18.5. The molecule has 1 heterocycles. The first kappa shape index (κ1) is 17.6. The van der Waals surface area contributed by atoms with Crippen LogP contribution in [0.5, 0.6) is 5.75 Å². The van der Waals surface area contributed by atoms with E-state index in [-0.39, 0.29) is 11.7 Å². The van der Waals surface area contributed by atoms with Gasteiger partial charge in [0.15, 0.2) is 0 Å². The predicted molar refractivity (Wildman–Crippen MR) is 101 cm³/mol. The van der Waals surface area contributed by atoms with Gasteiger partial charge in [-0.1, -0.05) is 24.3 Å². The number of ketones is 1. The number of pyridine rings is 1. The average molecular weight is 348 g/mol. The molecule has 0 aliphatic rings. The highest BCUT2D eigenvalue weighted by molar-refractivity contribution is 6.16. The first-order chi connectivity index (χ1) is 12.6. The van der Waals surface area contributed by atoms with Crippen molar-refractivity contribution in [1.29, 1.82) is 0 Å². The molecule has 2 aromatic carbocycles. The lowest BCUT2D eigenvalue weighted by Gasteiger charge is -2.13. The van der Waals surface area contributed by atoms with Gasteiger partial charge in [0.1, 0.15) is 11.4 Å². The largest absolute Gasteiger partial charge is 0.497 e. The minimum atomic E-state index is -0.145. The molecule has 3 rings (SSSR count). The summed E-state index contributed by atoms with van der Waals surface area (Å²) in [6, 6.07) is 14.8. The normalized spacial score (nSPS) is 10.5. The van der Waals surface area contributed by atoms with E-state index >= 15 is 0 Å². The van der Waals surface area contributed by atoms with Gasteiger partial charge in [0, 0.05) is 25.2 Å². The van der Waals surface area contributed by atoms with Crippen LogP contribution in [0.15, 0.2) is 54.7 Å². The molecule has 3 aromatic rings. The van der Waals surface area contributed by atoms with Crippen molar-refractivity contribution in [2.75, 3.05) is 13.7 Å². The fourth-order valence-electron chi connectivity index (χ4n) is 2.95. The maximum absolute atomic E-state index is 13.0. The van der Waals surface area contributed by atoms with Crippen LogP contribution in [0.1, 0.15) is 28.5 Å². The lowest BCUT2D eigenvalue weighted by molar-refractivity contribution is -0.118. The Hall–Kier alpha value is -3.21. The van der Waals surface area contributed by atoms with E-state index < -0.39 is 0 Å². The van der Waals surface area contributed by atoms with Gasteiger partial charge in [-0.05, 0) is 47.0 Å². The molecule has 1 N–H and O–H groups in total. The van der Waals surface area contributed by atoms with Crippen molar-refractivity contribution in [3.05, 3.63) is 71.5 Å². The molecular formula is C21H20N2O3. The summed E-state index contributed by atoms with van der Waals surface area (Å²) in [6.07, 6.45) is 2.27. The Morgan fingerprint density at radius 3 is 2.62 bits per heavy atom. The number of carbonyl (C=O) groups excluding carboxylic acids is 2. The van der Waals surface area contributed by atoms with Gasteiger partial charge in [0.05, 0.1) is 7.11 Å². The molecule has 0 fully saturated rings. The van der Waals surface area contributed by atoms with Crippen molar-refractivity contribution in [1.82, 2.24) is 10.3 Å². The number of methoxy groups -OCH3 is 1. The summed E-state index contributed by atoms with van der Waals surface area (Å²) in [5.74, 6) is 0.408. The third-order valence-electron chi connectivity index (χ3n) is 4.21. The SMILES string of the molecule is COc1cc(C(=O)c2ccccn2)c2cccc(CCNC(C)=O)c2c1. The standard InChI is InChI=1S/C21H20N2O3/c1-14(24)22-11-9-15-6-5-7-17-18(15)12-16(26-2)13-19(17)21(25)20-8-3-4-10-23-20/h3-8,10,12-13H,9,11H2,1-2H3,(H,22,24). The first-order valence-corrected chi connectivity index (χ1v) is 8.40. The highest BCUT2D eigenvalue weighted by atomic mass is 16.5. The Labute approximate surface area is 152 Å². The van der Waals surface area contributed by atoms with Gasteiger partial charge in [-0.3, -0.25) is 14.6 Å². The summed E-state index contributed by atoms with van der Waals surface area (Å²) in [5.41, 5.74) is 2.00. The van der Waals surface area contributed by atoms with Crippen LogP contribution in [0, 0.1) is 0 Å². The molecule has 0 saturated heterocycles. The molecule has 132 valence electrons. The van der Waals surface area contributed by atoms with Crippen molar-refractivity contribution < 1.29 is 14.3 Å². The van der Waals surface area contributed by atoms with Crippen LogP contribution in [-0.4, -0.2) is 30.3 Å². The average Bonchev–Trinajstić information content (AvgIpc) is 2.67. The van der Waals surface area contributed by atoms with Gasteiger partial charge in [0.25, 0.3) is 0 Å². The van der Waals surface area contributed by atoms with Gasteiger partial charge in [0.2, 0.25) is 11.7 Å². The third kappa shape index (κ3) is 3.72. The van der Waals surface area contributed by atoms with E-state index in [0.717, 1.165) is 16.3 Å². The maximum atomic E-state index is 13.0. The van der Waals surface area contributed by atoms with Crippen molar-refractivity contribution in [2.24, 2.45) is 0 Å². The van der Waals surface area contributed by atoms with E-state index in [2.05, 4.69) is 10.3 Å². The van der Waals surface area contributed by atoms with Gasteiger partial charge >= 0.3 is 0 Å². The Balaban J connectivity index is 2.08. The molecule has 0 unspecified atom stereocenters. The molecule has 0 spiro atoms. The summed E-state index contributed by atoms with van der Waals surface area (Å²) >= 11 is 0. The van der Waals surface area contributed by atoms with Crippen LogP contribution < -0.4 is 10.1 Å². The fourth-order valence-corrected chi connectivity index (χ4v) is 2.95. The number of nitrogens with zero attached hydrogens (tertiary/aromatic N) is 1. The molecule has 0 atom stereocenters. The molecule has 5 nitrogen and oxygen atoms in total. The molecule has 0 bridgehead atoms. The second kappa shape index (κ2) is 7.78. The van der Waals surface area contributed by atoms with E-state index in [4.69, 9.17) is 4.74 Å². The minimum absolute atomic E-state index is 0.0613. The zero-order valence-electron chi connectivity index (χ0n) is 14.8. The van der Waals surface area contributed by atoms with Crippen molar-refractivity contribution in [3.8, 4) is 5.75 Å². The van der Waals surface area contributed by atoms with Gasteiger partial charge in [-0.2, -0.15) is 0 Å². The summed E-state index contributed by atoms with van der Waals surface area (Å²) in [7, 11) is 1.58. The van der Waals surface area contributed by atoms with Gasteiger partial charge in [-0.25, -0.2) is 0 Å². The number of ether oxygens (including phenoxy) is 1. The van der Waals surface area contributed by atoms with Crippen molar-refractivity contribution in [3.63, 3.8) is 0 Å². The molecular weight excluding hydrogens is 328 g/mol. The number of carbonyl (C=O) groups is 2. The van der Waals surface area contributed by atoms with E-state index in [0.29, 0.717) is 30.0 Å². The Bertz CT molecular complexity index is 952. The number of hydrogen-bond donors (Lipinski definition) is 1. The van der Waals surface area contributed by atoms with Crippen LogP contribution in [0.2, 0.25) is 0 Å².